The topological polar surface area (TPSA) is 114 Å². The first-order chi connectivity index (χ1) is 18.3. The van der Waals surface area contributed by atoms with E-state index in [1.165, 1.54) is 17.0 Å². The van der Waals surface area contributed by atoms with Crippen LogP contribution in [0.4, 0.5) is 10.5 Å². The van der Waals surface area contributed by atoms with Crippen molar-refractivity contribution in [1.29, 1.82) is 0 Å². The lowest BCUT2D eigenvalue weighted by Gasteiger charge is -2.37. The second-order valence-corrected chi connectivity index (χ2v) is 11.3. The van der Waals surface area contributed by atoms with Crippen molar-refractivity contribution in [3.63, 3.8) is 0 Å². The van der Waals surface area contributed by atoms with E-state index in [1.807, 2.05) is 6.07 Å². The average molecular weight is 541 g/mol. The van der Waals surface area contributed by atoms with E-state index in [2.05, 4.69) is 37.9 Å². The Morgan fingerprint density at radius 3 is 2.38 bits per heavy atom. The molecule has 0 saturated carbocycles. The summed E-state index contributed by atoms with van der Waals surface area (Å²) in [5, 5.41) is 14.1. The lowest BCUT2D eigenvalue weighted by molar-refractivity contribution is -0.384. The maximum Gasteiger partial charge on any atom is 0.411 e. The van der Waals surface area contributed by atoms with E-state index < -0.39 is 22.7 Å². The number of amides is 2. The van der Waals surface area contributed by atoms with Crippen LogP contribution in [0.15, 0.2) is 42.5 Å². The standard InChI is InChI=1S/C29H40N4O6/c1-19(2)31(20(3)4)16-14-30-27(34)26-25-12-11-24(38-23-10-8-9-22(18-23)33(36)37)17-21(25)13-15-32(26)28(35)39-29(5,6)7/h8-12,17-20,26H,13-16H2,1-7H3,(H,30,34). The minimum atomic E-state index is -0.859. The minimum absolute atomic E-state index is 0.0660. The molecule has 0 aliphatic carbocycles. The summed E-state index contributed by atoms with van der Waals surface area (Å²) in [6.07, 6.45) is -0.0462. The van der Waals surface area contributed by atoms with Crippen LogP contribution in [0.25, 0.3) is 0 Å². The Bertz CT molecular complexity index is 1180. The van der Waals surface area contributed by atoms with Crippen LogP contribution < -0.4 is 10.1 Å². The van der Waals surface area contributed by atoms with Crippen LogP contribution in [0, 0.1) is 10.1 Å². The number of hydrogen-bond acceptors (Lipinski definition) is 7. The summed E-state index contributed by atoms with van der Waals surface area (Å²) in [5.41, 5.74) is 0.789. The molecule has 1 aliphatic rings. The Labute approximate surface area is 230 Å². The van der Waals surface area contributed by atoms with Crippen molar-refractivity contribution >= 4 is 17.7 Å². The molecule has 10 nitrogen and oxygen atoms in total. The summed E-state index contributed by atoms with van der Waals surface area (Å²) in [6.45, 7) is 15.3. The van der Waals surface area contributed by atoms with Crippen molar-refractivity contribution in [2.24, 2.45) is 0 Å². The Kier molecular flexibility index (Phi) is 9.55. The third kappa shape index (κ3) is 7.92. The number of nitro groups is 1. The van der Waals surface area contributed by atoms with Gasteiger partial charge >= 0.3 is 6.09 Å². The van der Waals surface area contributed by atoms with Gasteiger partial charge in [-0.1, -0.05) is 12.1 Å². The Morgan fingerprint density at radius 1 is 1.10 bits per heavy atom. The fraction of sp³-hybridized carbons (Fsp3) is 0.517. The van der Waals surface area contributed by atoms with Crippen LogP contribution in [0.3, 0.4) is 0 Å². The molecule has 0 saturated heterocycles. The average Bonchev–Trinajstić information content (AvgIpc) is 2.84. The number of rotatable bonds is 9. The second-order valence-electron chi connectivity index (χ2n) is 11.3. The van der Waals surface area contributed by atoms with Gasteiger partial charge < -0.3 is 14.8 Å². The number of carbonyl (C=O) groups is 2. The normalized spacial score (nSPS) is 15.3. The van der Waals surface area contributed by atoms with Gasteiger partial charge in [0, 0.05) is 37.8 Å². The molecule has 0 bridgehead atoms. The number of nitro benzene ring substituents is 1. The SMILES string of the molecule is CC(C)N(CCNC(=O)C1c2ccc(Oc3cccc([N+](=O)[O-])c3)cc2CCN1C(=O)OC(C)(C)C)C(C)C. The van der Waals surface area contributed by atoms with Gasteiger partial charge in [0.15, 0.2) is 0 Å². The molecule has 10 heteroatoms. The summed E-state index contributed by atoms with van der Waals surface area (Å²) in [7, 11) is 0. The lowest BCUT2D eigenvalue weighted by Crippen LogP contribution is -2.50. The van der Waals surface area contributed by atoms with E-state index in [0.717, 1.165) is 5.56 Å². The van der Waals surface area contributed by atoms with E-state index in [-0.39, 0.29) is 11.6 Å². The second kappa shape index (κ2) is 12.5. The Hall–Kier alpha value is -3.66. The highest BCUT2D eigenvalue weighted by molar-refractivity contribution is 5.88. The highest BCUT2D eigenvalue weighted by atomic mass is 16.6. The number of nitrogens with one attached hydrogen (secondary N) is 1. The van der Waals surface area contributed by atoms with Gasteiger partial charge in [0.1, 0.15) is 23.1 Å². The number of non-ortho nitro benzene ring substituents is 1. The minimum Gasteiger partial charge on any atom is -0.457 e. The predicted octanol–water partition coefficient (Wildman–Crippen LogP) is 5.46. The van der Waals surface area contributed by atoms with Crippen molar-refractivity contribution in [2.75, 3.05) is 19.6 Å². The number of nitrogens with zero attached hydrogens (tertiary/aromatic N) is 3. The molecule has 1 N–H and O–H groups in total. The van der Waals surface area contributed by atoms with Gasteiger partial charge in [0.2, 0.25) is 5.91 Å². The molecule has 1 heterocycles. The molecule has 39 heavy (non-hydrogen) atoms. The molecule has 1 unspecified atom stereocenters. The third-order valence-corrected chi connectivity index (χ3v) is 6.48. The fourth-order valence-electron chi connectivity index (χ4n) is 4.78. The molecule has 2 amide bonds. The largest absolute Gasteiger partial charge is 0.457 e. The molecule has 0 spiro atoms. The highest BCUT2D eigenvalue weighted by Crippen LogP contribution is 2.35. The fourth-order valence-corrected chi connectivity index (χ4v) is 4.78. The van der Waals surface area contributed by atoms with Crippen molar-refractivity contribution in [2.45, 2.75) is 78.6 Å². The van der Waals surface area contributed by atoms with Gasteiger partial charge in [-0.05, 0) is 84.2 Å². The van der Waals surface area contributed by atoms with E-state index in [4.69, 9.17) is 9.47 Å². The van der Waals surface area contributed by atoms with Gasteiger partial charge in [-0.2, -0.15) is 0 Å². The third-order valence-electron chi connectivity index (χ3n) is 6.48. The molecule has 0 aromatic heterocycles. The molecular weight excluding hydrogens is 500 g/mol. The molecule has 1 aliphatic heterocycles. The van der Waals surface area contributed by atoms with E-state index >= 15 is 0 Å². The van der Waals surface area contributed by atoms with Crippen molar-refractivity contribution in [3.05, 3.63) is 63.7 Å². The summed E-state index contributed by atoms with van der Waals surface area (Å²) in [4.78, 5) is 41.1. The predicted molar refractivity (Wildman–Crippen MR) is 149 cm³/mol. The van der Waals surface area contributed by atoms with Crippen molar-refractivity contribution in [3.8, 4) is 11.5 Å². The van der Waals surface area contributed by atoms with Crippen LogP contribution in [-0.4, -0.2) is 64.0 Å². The number of carbonyl (C=O) groups excluding carboxylic acids is 2. The zero-order chi connectivity index (χ0) is 28.9. The maximum atomic E-state index is 13.6. The number of benzene rings is 2. The van der Waals surface area contributed by atoms with Gasteiger partial charge in [-0.15, -0.1) is 0 Å². The first-order valence-corrected chi connectivity index (χ1v) is 13.3. The first kappa shape index (κ1) is 29.9. The number of fused-ring (bicyclic) bond motifs is 1. The summed E-state index contributed by atoms with van der Waals surface area (Å²) >= 11 is 0. The summed E-state index contributed by atoms with van der Waals surface area (Å²) in [6, 6.07) is 11.1. The Morgan fingerprint density at radius 2 is 1.77 bits per heavy atom. The molecule has 0 radical (unpaired) electrons. The molecule has 2 aromatic rings. The van der Waals surface area contributed by atoms with E-state index in [9.17, 15) is 19.7 Å². The Balaban J connectivity index is 1.86. The van der Waals surface area contributed by atoms with Crippen molar-refractivity contribution in [1.82, 2.24) is 15.1 Å². The molecular formula is C29H40N4O6. The van der Waals surface area contributed by atoms with Crippen LogP contribution >= 0.6 is 0 Å². The molecule has 1 atom stereocenters. The quantitative estimate of drug-likeness (QED) is 0.332. The number of ether oxygens (including phenoxy) is 2. The van der Waals surface area contributed by atoms with Crippen molar-refractivity contribution < 1.29 is 24.0 Å². The molecule has 212 valence electrons. The summed E-state index contributed by atoms with van der Waals surface area (Å²) < 4.78 is 11.5. The maximum absolute atomic E-state index is 13.6. The van der Waals surface area contributed by atoms with Gasteiger partial charge in [0.25, 0.3) is 5.69 Å². The highest BCUT2D eigenvalue weighted by Gasteiger charge is 2.38. The van der Waals surface area contributed by atoms with E-state index in [0.29, 0.717) is 55.2 Å². The number of hydrogen-bond donors (Lipinski definition) is 1. The zero-order valence-electron chi connectivity index (χ0n) is 23.9. The molecule has 2 aromatic carbocycles. The lowest BCUT2D eigenvalue weighted by atomic mass is 9.92. The molecule has 0 fully saturated rings. The van der Waals surface area contributed by atoms with Gasteiger partial charge in [-0.3, -0.25) is 24.7 Å². The van der Waals surface area contributed by atoms with Crippen LogP contribution in [0.5, 0.6) is 11.5 Å². The zero-order valence-corrected chi connectivity index (χ0v) is 23.9. The van der Waals surface area contributed by atoms with Crippen LogP contribution in [-0.2, 0) is 16.0 Å². The molecule has 3 rings (SSSR count). The monoisotopic (exact) mass is 540 g/mol. The van der Waals surface area contributed by atoms with Crippen LogP contribution in [0.1, 0.15) is 65.6 Å². The van der Waals surface area contributed by atoms with Gasteiger partial charge in [-0.25, -0.2) is 4.79 Å². The van der Waals surface area contributed by atoms with Crippen LogP contribution in [0.2, 0.25) is 0 Å². The van der Waals surface area contributed by atoms with Gasteiger partial charge in [0.05, 0.1) is 11.0 Å². The smallest absolute Gasteiger partial charge is 0.411 e. The van der Waals surface area contributed by atoms with E-state index in [1.54, 1.807) is 45.0 Å². The summed E-state index contributed by atoms with van der Waals surface area (Å²) in [5.74, 6) is 0.551. The first-order valence-electron chi connectivity index (χ1n) is 13.3.